The molecule has 3 rings (SSSR count). The van der Waals surface area contributed by atoms with Crippen LogP contribution in [0.25, 0.3) is 22.3 Å². The quantitative estimate of drug-likeness (QED) is 0.716. The first-order valence-corrected chi connectivity index (χ1v) is 7.92. The maximum Gasteiger partial charge on any atom is 0.272 e. The van der Waals surface area contributed by atoms with Gasteiger partial charge in [-0.2, -0.15) is 0 Å². The van der Waals surface area contributed by atoms with Gasteiger partial charge in [0.2, 0.25) is 0 Å². The van der Waals surface area contributed by atoms with Crippen molar-refractivity contribution in [2.75, 3.05) is 14.1 Å². The minimum Gasteiger partial charge on any atom is -0.343 e. The molecule has 0 unspecified atom stereocenters. The van der Waals surface area contributed by atoms with Crippen LogP contribution in [0.1, 0.15) is 16.2 Å². The van der Waals surface area contributed by atoms with E-state index in [9.17, 15) is 4.79 Å². The van der Waals surface area contributed by atoms with Crippen LogP contribution in [-0.2, 0) is 0 Å². The average Bonchev–Trinajstić information content (AvgIpc) is 2.61. The number of hydrogen-bond donors (Lipinski definition) is 0. The molecule has 0 atom stereocenters. The lowest BCUT2D eigenvalue weighted by Gasteiger charge is -2.16. The molecule has 0 bridgehead atoms. The highest BCUT2D eigenvalue weighted by molar-refractivity contribution is 6.01. The normalized spacial score (nSPS) is 10.5. The van der Waals surface area contributed by atoms with Crippen LogP contribution in [0.5, 0.6) is 0 Å². The predicted octanol–water partition coefficient (Wildman–Crippen LogP) is 4.43. The van der Waals surface area contributed by atoms with Crippen molar-refractivity contribution in [3.63, 3.8) is 0 Å². The Morgan fingerprint density at radius 3 is 2.08 bits per heavy atom. The number of hydrogen-bond acceptors (Lipinski definition) is 2. The second-order valence-corrected chi connectivity index (χ2v) is 5.96. The molecule has 0 saturated carbocycles. The minimum atomic E-state index is -0.0865. The molecule has 0 radical (unpaired) electrons. The summed E-state index contributed by atoms with van der Waals surface area (Å²) in [6.45, 7) is 1.90. The fourth-order valence-corrected chi connectivity index (χ4v) is 2.74. The van der Waals surface area contributed by atoms with Crippen LogP contribution >= 0.6 is 0 Å². The predicted molar refractivity (Wildman–Crippen MR) is 97.9 cm³/mol. The highest BCUT2D eigenvalue weighted by Crippen LogP contribution is 2.33. The molecule has 0 aliphatic carbocycles. The van der Waals surface area contributed by atoms with Gasteiger partial charge in [-0.1, -0.05) is 60.7 Å². The van der Waals surface area contributed by atoms with Gasteiger partial charge in [-0.05, 0) is 29.7 Å². The largest absolute Gasteiger partial charge is 0.343 e. The third-order valence-corrected chi connectivity index (χ3v) is 3.95. The van der Waals surface area contributed by atoms with Crippen LogP contribution in [0.4, 0.5) is 0 Å². The van der Waals surface area contributed by atoms with Gasteiger partial charge in [-0.15, -0.1) is 0 Å². The Hall–Kier alpha value is -2.94. The van der Waals surface area contributed by atoms with E-state index in [2.05, 4.69) is 23.2 Å². The first-order chi connectivity index (χ1) is 11.6. The second-order valence-electron chi connectivity index (χ2n) is 5.96. The molecule has 0 aliphatic rings. The van der Waals surface area contributed by atoms with Gasteiger partial charge in [0.15, 0.2) is 0 Å². The Labute approximate surface area is 142 Å². The molecule has 1 amide bonds. The van der Waals surface area contributed by atoms with Gasteiger partial charge in [-0.25, -0.2) is 4.98 Å². The van der Waals surface area contributed by atoms with Gasteiger partial charge in [0.1, 0.15) is 5.69 Å². The number of pyridine rings is 1. The summed E-state index contributed by atoms with van der Waals surface area (Å²) in [7, 11) is 3.50. The van der Waals surface area contributed by atoms with Crippen molar-refractivity contribution in [3.05, 3.63) is 78.1 Å². The summed E-state index contributed by atoms with van der Waals surface area (Å²) in [6, 6.07) is 22.3. The molecule has 3 aromatic rings. The summed E-state index contributed by atoms with van der Waals surface area (Å²) in [5.74, 6) is -0.0865. The Kier molecular flexibility index (Phi) is 4.43. The van der Waals surface area contributed by atoms with E-state index in [-0.39, 0.29) is 5.91 Å². The standard InChI is InChI=1S/C21H20N2O/c1-15-13-14-19(20(22-15)21(24)23(2)3)18-12-8-7-11-17(18)16-9-5-4-6-10-16/h4-14H,1-3H3. The van der Waals surface area contributed by atoms with Crippen molar-refractivity contribution < 1.29 is 4.79 Å². The minimum absolute atomic E-state index is 0.0865. The molecule has 24 heavy (non-hydrogen) atoms. The third-order valence-electron chi connectivity index (χ3n) is 3.95. The van der Waals surface area contributed by atoms with E-state index < -0.39 is 0 Å². The summed E-state index contributed by atoms with van der Waals surface area (Å²) in [5, 5.41) is 0. The third kappa shape index (κ3) is 3.06. The molecule has 1 heterocycles. The smallest absolute Gasteiger partial charge is 0.272 e. The number of amides is 1. The van der Waals surface area contributed by atoms with Gasteiger partial charge >= 0.3 is 0 Å². The molecule has 0 fully saturated rings. The van der Waals surface area contributed by atoms with Crippen molar-refractivity contribution in [2.24, 2.45) is 0 Å². The number of aromatic nitrogens is 1. The first kappa shape index (κ1) is 15.9. The summed E-state index contributed by atoms with van der Waals surface area (Å²) in [5.41, 5.74) is 5.41. The fraction of sp³-hybridized carbons (Fsp3) is 0.143. The molecule has 2 aromatic carbocycles. The number of rotatable bonds is 3. The summed E-state index contributed by atoms with van der Waals surface area (Å²) >= 11 is 0. The lowest BCUT2D eigenvalue weighted by atomic mass is 9.93. The molecule has 0 saturated heterocycles. The van der Waals surface area contributed by atoms with E-state index in [1.165, 1.54) is 0 Å². The zero-order valence-corrected chi connectivity index (χ0v) is 14.2. The number of aryl methyl sites for hydroxylation is 1. The van der Waals surface area contributed by atoms with Gasteiger partial charge < -0.3 is 4.90 Å². The lowest BCUT2D eigenvalue weighted by molar-refractivity contribution is 0.0822. The highest BCUT2D eigenvalue weighted by atomic mass is 16.2. The highest BCUT2D eigenvalue weighted by Gasteiger charge is 2.18. The molecule has 3 heteroatoms. The second kappa shape index (κ2) is 6.67. The number of nitrogens with zero attached hydrogens (tertiary/aromatic N) is 2. The van der Waals surface area contributed by atoms with E-state index in [1.807, 2.05) is 55.5 Å². The number of benzene rings is 2. The van der Waals surface area contributed by atoms with Crippen molar-refractivity contribution in [1.82, 2.24) is 9.88 Å². The molecule has 0 aliphatic heterocycles. The van der Waals surface area contributed by atoms with E-state index >= 15 is 0 Å². The van der Waals surface area contributed by atoms with Crippen LogP contribution in [0, 0.1) is 6.92 Å². The number of carbonyl (C=O) groups is 1. The topological polar surface area (TPSA) is 33.2 Å². The van der Waals surface area contributed by atoms with E-state index in [0.29, 0.717) is 5.69 Å². The summed E-state index contributed by atoms with van der Waals surface area (Å²) in [6.07, 6.45) is 0. The van der Waals surface area contributed by atoms with Crippen LogP contribution in [0.15, 0.2) is 66.7 Å². The molecular formula is C21H20N2O. The maximum absolute atomic E-state index is 12.6. The van der Waals surface area contributed by atoms with E-state index in [0.717, 1.165) is 27.9 Å². The Morgan fingerprint density at radius 2 is 1.42 bits per heavy atom. The monoisotopic (exact) mass is 316 g/mol. The summed E-state index contributed by atoms with van der Waals surface area (Å²) < 4.78 is 0. The van der Waals surface area contributed by atoms with Crippen LogP contribution in [0.2, 0.25) is 0 Å². The zero-order valence-electron chi connectivity index (χ0n) is 14.2. The van der Waals surface area contributed by atoms with E-state index in [1.54, 1.807) is 19.0 Å². The molecule has 3 nitrogen and oxygen atoms in total. The Balaban J connectivity index is 2.23. The summed E-state index contributed by atoms with van der Waals surface area (Å²) in [4.78, 5) is 18.7. The zero-order chi connectivity index (χ0) is 17.1. The Bertz CT molecular complexity index is 870. The van der Waals surface area contributed by atoms with Crippen molar-refractivity contribution in [2.45, 2.75) is 6.92 Å². The van der Waals surface area contributed by atoms with E-state index in [4.69, 9.17) is 0 Å². The van der Waals surface area contributed by atoms with Gasteiger partial charge in [0.05, 0.1) is 0 Å². The van der Waals surface area contributed by atoms with Crippen molar-refractivity contribution in [3.8, 4) is 22.3 Å². The number of carbonyl (C=O) groups excluding carboxylic acids is 1. The SMILES string of the molecule is Cc1ccc(-c2ccccc2-c2ccccc2)c(C(=O)N(C)C)n1. The molecule has 0 spiro atoms. The first-order valence-electron chi connectivity index (χ1n) is 7.92. The molecule has 120 valence electrons. The maximum atomic E-state index is 12.6. The van der Waals surface area contributed by atoms with Gasteiger partial charge in [0, 0.05) is 25.4 Å². The molecule has 0 N–H and O–H groups in total. The van der Waals surface area contributed by atoms with Gasteiger partial charge in [-0.3, -0.25) is 4.79 Å². The molecule has 1 aromatic heterocycles. The van der Waals surface area contributed by atoms with Crippen LogP contribution in [0.3, 0.4) is 0 Å². The average molecular weight is 316 g/mol. The van der Waals surface area contributed by atoms with Crippen molar-refractivity contribution in [1.29, 1.82) is 0 Å². The van der Waals surface area contributed by atoms with Gasteiger partial charge in [0.25, 0.3) is 5.91 Å². The van der Waals surface area contributed by atoms with Crippen LogP contribution in [-0.4, -0.2) is 29.9 Å². The lowest BCUT2D eigenvalue weighted by Crippen LogP contribution is -2.23. The Morgan fingerprint density at radius 1 is 0.792 bits per heavy atom. The van der Waals surface area contributed by atoms with Crippen molar-refractivity contribution >= 4 is 5.91 Å². The molecular weight excluding hydrogens is 296 g/mol. The fourth-order valence-electron chi connectivity index (χ4n) is 2.74. The van der Waals surface area contributed by atoms with Crippen LogP contribution < -0.4 is 0 Å².